The molecule has 3 amide bonds. The van der Waals surface area contributed by atoms with Crippen LogP contribution in [0.3, 0.4) is 0 Å². The summed E-state index contributed by atoms with van der Waals surface area (Å²) < 4.78 is 25.8. The number of nitrogens with zero attached hydrogens (tertiary/aromatic N) is 2. The molecule has 2 fully saturated rings. The number of carbonyl (C=O) groups excluding carboxylic acids is 3. The summed E-state index contributed by atoms with van der Waals surface area (Å²) in [6.07, 6.45) is 3.47. The van der Waals surface area contributed by atoms with Crippen molar-refractivity contribution < 1.29 is 22.8 Å². The molecule has 30 heavy (non-hydrogen) atoms. The van der Waals surface area contributed by atoms with E-state index < -0.39 is 21.6 Å². The predicted octanol–water partition coefficient (Wildman–Crippen LogP) is 2.08. The van der Waals surface area contributed by atoms with Gasteiger partial charge < -0.3 is 5.32 Å². The third-order valence-corrected chi connectivity index (χ3v) is 8.41. The Kier molecular flexibility index (Phi) is 5.12. The van der Waals surface area contributed by atoms with Gasteiger partial charge in [0.25, 0.3) is 5.91 Å². The topological polar surface area (TPSA) is 104 Å². The molecule has 1 aliphatic carbocycles. The van der Waals surface area contributed by atoms with Crippen molar-refractivity contribution in [2.75, 3.05) is 23.1 Å². The van der Waals surface area contributed by atoms with Crippen molar-refractivity contribution in [3.05, 3.63) is 29.3 Å². The molecular formula is C21H27N3O5S. The molecule has 0 unspecified atom stereocenters. The van der Waals surface area contributed by atoms with Crippen LogP contribution >= 0.6 is 0 Å². The van der Waals surface area contributed by atoms with Crippen LogP contribution in [0.5, 0.6) is 0 Å². The van der Waals surface area contributed by atoms with Crippen LogP contribution in [0, 0.1) is 5.92 Å². The van der Waals surface area contributed by atoms with E-state index in [0.29, 0.717) is 43.0 Å². The minimum Gasteiger partial charge on any atom is -0.323 e. The van der Waals surface area contributed by atoms with E-state index >= 15 is 0 Å². The first-order valence-corrected chi connectivity index (χ1v) is 12.1. The number of hydrogen-bond acceptors (Lipinski definition) is 5. The zero-order chi connectivity index (χ0) is 21.7. The summed E-state index contributed by atoms with van der Waals surface area (Å²) in [6, 6.07) is 4.38. The van der Waals surface area contributed by atoms with E-state index in [1.165, 1.54) is 4.31 Å². The third kappa shape index (κ3) is 3.38. The first-order chi connectivity index (χ1) is 14.2. The number of amides is 3. The zero-order valence-corrected chi connectivity index (χ0v) is 18.1. The number of imide groups is 1. The summed E-state index contributed by atoms with van der Waals surface area (Å²) in [7, 11) is -3.35. The largest absolute Gasteiger partial charge is 0.325 e. The minimum atomic E-state index is -3.35. The van der Waals surface area contributed by atoms with Crippen LogP contribution in [-0.4, -0.2) is 55.4 Å². The van der Waals surface area contributed by atoms with Gasteiger partial charge in [0.2, 0.25) is 10.0 Å². The average Bonchev–Trinajstić information content (AvgIpc) is 3.25. The van der Waals surface area contributed by atoms with Gasteiger partial charge in [-0.3, -0.25) is 18.8 Å². The van der Waals surface area contributed by atoms with Gasteiger partial charge in [-0.2, -0.15) is 0 Å². The van der Waals surface area contributed by atoms with Crippen molar-refractivity contribution >= 4 is 33.4 Å². The number of Topliss-reactive ketones (excluding diaryl/α,β-unsaturated/α-hetero) is 1. The molecular weight excluding hydrogens is 406 g/mol. The SMILES string of the molecule is CCS(=O)(=O)N1CCc2cc(C(=O)CN3C(=O)NC4(CCC(C)CC4)C3=O)ccc21. The number of carbonyl (C=O) groups is 3. The average molecular weight is 434 g/mol. The van der Waals surface area contributed by atoms with Crippen molar-refractivity contribution in [3.8, 4) is 0 Å². The monoisotopic (exact) mass is 433 g/mol. The summed E-state index contributed by atoms with van der Waals surface area (Å²) in [5.41, 5.74) is 0.895. The number of nitrogens with one attached hydrogen (secondary N) is 1. The Labute approximate surface area is 176 Å². The quantitative estimate of drug-likeness (QED) is 0.566. The van der Waals surface area contributed by atoms with Gasteiger partial charge in [-0.1, -0.05) is 6.92 Å². The molecule has 0 aromatic heterocycles. The van der Waals surface area contributed by atoms with Crippen molar-refractivity contribution in [3.63, 3.8) is 0 Å². The summed E-state index contributed by atoms with van der Waals surface area (Å²) in [5.74, 6) is -0.105. The Hall–Kier alpha value is -2.42. The highest BCUT2D eigenvalue weighted by atomic mass is 32.2. The van der Waals surface area contributed by atoms with E-state index in [-0.39, 0.29) is 24.0 Å². The molecule has 0 atom stereocenters. The highest BCUT2D eigenvalue weighted by molar-refractivity contribution is 7.92. The molecule has 2 heterocycles. The van der Waals surface area contributed by atoms with E-state index in [1.807, 2.05) is 0 Å². The smallest absolute Gasteiger partial charge is 0.323 e. The Bertz CT molecular complexity index is 1010. The Morgan fingerprint density at radius 3 is 2.60 bits per heavy atom. The fraction of sp³-hybridized carbons (Fsp3) is 0.571. The molecule has 162 valence electrons. The van der Waals surface area contributed by atoms with Gasteiger partial charge in [-0.25, -0.2) is 13.2 Å². The van der Waals surface area contributed by atoms with Gasteiger partial charge in [-0.15, -0.1) is 0 Å². The molecule has 0 bridgehead atoms. The first-order valence-electron chi connectivity index (χ1n) is 10.5. The second kappa shape index (κ2) is 7.37. The fourth-order valence-corrected chi connectivity index (χ4v) is 5.80. The van der Waals surface area contributed by atoms with E-state index in [9.17, 15) is 22.8 Å². The highest BCUT2D eigenvalue weighted by Gasteiger charge is 2.52. The maximum Gasteiger partial charge on any atom is 0.325 e. The van der Waals surface area contributed by atoms with Gasteiger partial charge in [0, 0.05) is 12.1 Å². The molecule has 1 saturated heterocycles. The molecule has 1 saturated carbocycles. The Morgan fingerprint density at radius 1 is 1.23 bits per heavy atom. The van der Waals surface area contributed by atoms with Crippen molar-refractivity contribution in [1.29, 1.82) is 0 Å². The van der Waals surface area contributed by atoms with Crippen LogP contribution < -0.4 is 9.62 Å². The molecule has 4 rings (SSSR count). The van der Waals surface area contributed by atoms with E-state index in [0.717, 1.165) is 23.3 Å². The van der Waals surface area contributed by atoms with Gasteiger partial charge >= 0.3 is 6.03 Å². The summed E-state index contributed by atoms with van der Waals surface area (Å²) in [5, 5.41) is 2.83. The van der Waals surface area contributed by atoms with Gasteiger partial charge in [0.1, 0.15) is 5.54 Å². The number of hydrogen-bond donors (Lipinski definition) is 1. The van der Waals surface area contributed by atoms with Crippen LogP contribution in [0.1, 0.15) is 55.5 Å². The lowest BCUT2D eigenvalue weighted by molar-refractivity contribution is -0.132. The Balaban J connectivity index is 1.50. The minimum absolute atomic E-state index is 0.0137. The molecule has 9 heteroatoms. The number of ketones is 1. The summed E-state index contributed by atoms with van der Waals surface area (Å²) in [4.78, 5) is 39.3. The number of anilines is 1. The van der Waals surface area contributed by atoms with Crippen molar-refractivity contribution in [1.82, 2.24) is 10.2 Å². The van der Waals surface area contributed by atoms with Gasteiger partial charge in [-0.05, 0) is 68.7 Å². The van der Waals surface area contributed by atoms with Gasteiger partial charge in [0.05, 0.1) is 18.0 Å². The van der Waals surface area contributed by atoms with Crippen LogP contribution in [-0.2, 0) is 21.2 Å². The highest BCUT2D eigenvalue weighted by Crippen LogP contribution is 2.36. The number of sulfonamides is 1. The Morgan fingerprint density at radius 2 is 1.93 bits per heavy atom. The predicted molar refractivity (Wildman–Crippen MR) is 112 cm³/mol. The second-order valence-corrected chi connectivity index (χ2v) is 10.8. The van der Waals surface area contributed by atoms with Crippen LogP contribution in [0.25, 0.3) is 0 Å². The summed E-state index contributed by atoms with van der Waals surface area (Å²) >= 11 is 0. The number of fused-ring (bicyclic) bond motifs is 1. The lowest BCUT2D eigenvalue weighted by Crippen LogP contribution is -2.49. The lowest BCUT2D eigenvalue weighted by atomic mass is 9.77. The molecule has 8 nitrogen and oxygen atoms in total. The van der Waals surface area contributed by atoms with Crippen LogP contribution in [0.15, 0.2) is 18.2 Å². The van der Waals surface area contributed by atoms with E-state index in [2.05, 4.69) is 12.2 Å². The normalized spacial score (nSPS) is 26.3. The first kappa shape index (κ1) is 20.8. The van der Waals surface area contributed by atoms with E-state index in [1.54, 1.807) is 25.1 Å². The van der Waals surface area contributed by atoms with Crippen molar-refractivity contribution in [2.24, 2.45) is 5.92 Å². The number of rotatable bonds is 5. The molecule has 0 radical (unpaired) electrons. The molecule has 1 N–H and O–H groups in total. The molecule has 1 aromatic rings. The standard InChI is InChI=1S/C21H27N3O5S/c1-3-30(28,29)24-11-8-15-12-16(4-5-17(15)24)18(25)13-23-19(26)21(22-20(23)27)9-6-14(2)7-10-21/h4-5,12,14H,3,6-11,13H2,1-2H3,(H,22,27). The molecule has 1 spiro atoms. The zero-order valence-electron chi connectivity index (χ0n) is 17.3. The van der Waals surface area contributed by atoms with Crippen LogP contribution in [0.2, 0.25) is 0 Å². The fourth-order valence-electron chi connectivity index (χ4n) is 4.64. The molecule has 3 aliphatic rings. The van der Waals surface area contributed by atoms with Gasteiger partial charge in [0.15, 0.2) is 5.78 Å². The maximum atomic E-state index is 13.0. The van der Waals surface area contributed by atoms with Crippen molar-refractivity contribution in [2.45, 2.75) is 51.5 Å². The summed E-state index contributed by atoms with van der Waals surface area (Å²) in [6.45, 7) is 3.79. The molecule has 2 aliphatic heterocycles. The maximum absolute atomic E-state index is 13.0. The third-order valence-electron chi connectivity index (χ3n) is 6.63. The lowest BCUT2D eigenvalue weighted by Gasteiger charge is -2.33. The number of benzene rings is 1. The van der Waals surface area contributed by atoms with E-state index in [4.69, 9.17) is 0 Å². The van der Waals surface area contributed by atoms with Crippen LogP contribution in [0.4, 0.5) is 10.5 Å². The second-order valence-electron chi connectivity index (χ2n) is 8.58. The molecule has 1 aromatic carbocycles. The number of urea groups is 1.